The Balaban J connectivity index is 1.81. The molecule has 176 valence electrons. The number of rotatable bonds is 9. The zero-order chi connectivity index (χ0) is 24.3. The maximum Gasteiger partial charge on any atom is 0.277 e. The lowest BCUT2D eigenvalue weighted by Gasteiger charge is -2.18. The predicted molar refractivity (Wildman–Crippen MR) is 130 cm³/mol. The van der Waals surface area contributed by atoms with Gasteiger partial charge in [-0.05, 0) is 68.7 Å². The first kappa shape index (κ1) is 25.1. The molecule has 0 unspecified atom stereocenters. The number of ketones is 1. The minimum Gasteiger partial charge on any atom is -0.411 e. The minimum absolute atomic E-state index is 0.00679. The monoisotopic (exact) mass is 487 g/mol. The summed E-state index contributed by atoms with van der Waals surface area (Å²) >= 11 is 1.19. The largest absolute Gasteiger partial charge is 0.411 e. The third kappa shape index (κ3) is 5.37. The molecule has 3 aromatic rings. The van der Waals surface area contributed by atoms with E-state index in [-0.39, 0.29) is 21.8 Å². The highest BCUT2D eigenvalue weighted by molar-refractivity contribution is 8.00. The highest BCUT2D eigenvalue weighted by Gasteiger charge is 2.24. The van der Waals surface area contributed by atoms with Gasteiger partial charge in [0.1, 0.15) is 0 Å². The van der Waals surface area contributed by atoms with Gasteiger partial charge in [-0.25, -0.2) is 8.42 Å². The molecular weight excluding hydrogens is 458 g/mol. The van der Waals surface area contributed by atoms with Crippen LogP contribution in [0.15, 0.2) is 50.9 Å². The average Bonchev–Trinajstić information content (AvgIpc) is 3.25. The van der Waals surface area contributed by atoms with Gasteiger partial charge in [-0.3, -0.25) is 4.79 Å². The van der Waals surface area contributed by atoms with Crippen LogP contribution in [0.2, 0.25) is 0 Å². The molecular formula is C24H29N3O4S2. The van der Waals surface area contributed by atoms with Crippen molar-refractivity contribution < 1.29 is 17.6 Å². The van der Waals surface area contributed by atoms with Crippen molar-refractivity contribution in [3.05, 3.63) is 58.7 Å². The van der Waals surface area contributed by atoms with Crippen LogP contribution in [0.5, 0.6) is 0 Å². The lowest BCUT2D eigenvalue weighted by molar-refractivity contribution is 0.0993. The van der Waals surface area contributed by atoms with E-state index in [1.165, 1.54) is 22.1 Å². The molecule has 0 bridgehead atoms. The van der Waals surface area contributed by atoms with Gasteiger partial charge in [0.15, 0.2) is 5.78 Å². The molecule has 0 N–H and O–H groups in total. The lowest BCUT2D eigenvalue weighted by atomic mass is 9.97. The van der Waals surface area contributed by atoms with E-state index in [0.717, 1.165) is 16.7 Å². The van der Waals surface area contributed by atoms with Crippen LogP contribution in [0.1, 0.15) is 47.8 Å². The van der Waals surface area contributed by atoms with Gasteiger partial charge in [0, 0.05) is 24.2 Å². The van der Waals surface area contributed by atoms with E-state index in [2.05, 4.69) is 10.2 Å². The zero-order valence-electron chi connectivity index (χ0n) is 19.7. The number of Topliss-reactive ketones (excluding diaryl/α,β-unsaturated/α-hetero) is 1. The third-order valence-electron chi connectivity index (χ3n) is 5.58. The maximum absolute atomic E-state index is 13.0. The molecule has 0 saturated heterocycles. The van der Waals surface area contributed by atoms with Crippen molar-refractivity contribution in [3.8, 4) is 11.5 Å². The second-order valence-corrected chi connectivity index (χ2v) is 11.1. The van der Waals surface area contributed by atoms with E-state index in [9.17, 15) is 13.2 Å². The van der Waals surface area contributed by atoms with Crippen molar-refractivity contribution in [1.29, 1.82) is 0 Å². The standard InChI is InChI=1S/C24H29N3O4S2/c1-7-27(8-2)33(29,30)20-11-9-10-19(14-20)23-25-26-24(31-23)32-18(6)22(28)21-13-16(4)15(3)12-17(21)5/h9-14,18H,7-8H2,1-6H3/t18-/m0/s1. The molecule has 1 heterocycles. The van der Waals surface area contributed by atoms with Gasteiger partial charge in [0.2, 0.25) is 15.9 Å². The highest BCUT2D eigenvalue weighted by atomic mass is 32.2. The zero-order valence-corrected chi connectivity index (χ0v) is 21.4. The first-order chi connectivity index (χ1) is 15.6. The number of thioether (sulfide) groups is 1. The number of carbonyl (C=O) groups is 1. The Kier molecular flexibility index (Phi) is 7.76. The van der Waals surface area contributed by atoms with Gasteiger partial charge >= 0.3 is 0 Å². The van der Waals surface area contributed by atoms with Crippen LogP contribution in [0.25, 0.3) is 11.5 Å². The fourth-order valence-electron chi connectivity index (χ4n) is 3.53. The minimum atomic E-state index is -3.60. The van der Waals surface area contributed by atoms with Crippen molar-refractivity contribution in [1.82, 2.24) is 14.5 Å². The van der Waals surface area contributed by atoms with Gasteiger partial charge in [-0.2, -0.15) is 4.31 Å². The number of carbonyl (C=O) groups excluding carboxylic acids is 1. The van der Waals surface area contributed by atoms with Crippen molar-refractivity contribution in [2.45, 2.75) is 56.9 Å². The maximum atomic E-state index is 13.0. The molecule has 0 fully saturated rings. The summed E-state index contributed by atoms with van der Waals surface area (Å²) in [6.45, 7) is 12.1. The smallest absolute Gasteiger partial charge is 0.277 e. The molecule has 0 spiro atoms. The topological polar surface area (TPSA) is 93.4 Å². The van der Waals surface area contributed by atoms with E-state index in [4.69, 9.17) is 4.42 Å². The summed E-state index contributed by atoms with van der Waals surface area (Å²) in [4.78, 5) is 13.2. The van der Waals surface area contributed by atoms with Gasteiger partial charge < -0.3 is 4.42 Å². The second kappa shape index (κ2) is 10.2. The molecule has 0 radical (unpaired) electrons. The summed E-state index contributed by atoms with van der Waals surface area (Å²) in [7, 11) is -3.60. The fraction of sp³-hybridized carbons (Fsp3) is 0.375. The first-order valence-corrected chi connectivity index (χ1v) is 13.1. The summed E-state index contributed by atoms with van der Waals surface area (Å²) < 4.78 is 32.8. The predicted octanol–water partition coefficient (Wildman–Crippen LogP) is 5.06. The highest BCUT2D eigenvalue weighted by Crippen LogP contribution is 2.30. The molecule has 1 atom stereocenters. The fourth-order valence-corrected chi connectivity index (χ4v) is 5.78. The van der Waals surface area contributed by atoms with E-state index >= 15 is 0 Å². The summed E-state index contributed by atoms with van der Waals surface area (Å²) in [5.74, 6) is 0.198. The first-order valence-electron chi connectivity index (χ1n) is 10.8. The van der Waals surface area contributed by atoms with Crippen LogP contribution in [0, 0.1) is 20.8 Å². The SMILES string of the molecule is CCN(CC)S(=O)(=O)c1cccc(-c2nnc(S[C@@H](C)C(=O)c3cc(C)c(C)cc3C)o2)c1. The van der Waals surface area contributed by atoms with Crippen molar-refractivity contribution in [2.24, 2.45) is 0 Å². The van der Waals surface area contributed by atoms with Gasteiger partial charge in [0.05, 0.1) is 10.1 Å². The number of hydrogen-bond acceptors (Lipinski definition) is 7. The summed E-state index contributed by atoms with van der Waals surface area (Å²) in [5.41, 5.74) is 4.35. The van der Waals surface area contributed by atoms with Gasteiger partial charge in [0.25, 0.3) is 5.22 Å². The summed E-state index contributed by atoms with van der Waals surface area (Å²) in [6, 6.07) is 10.4. The number of hydrogen-bond donors (Lipinski definition) is 0. The van der Waals surface area contributed by atoms with E-state index < -0.39 is 15.3 Å². The van der Waals surface area contributed by atoms with Crippen molar-refractivity contribution in [3.63, 3.8) is 0 Å². The average molecular weight is 488 g/mol. The van der Waals surface area contributed by atoms with Crippen LogP contribution in [-0.4, -0.2) is 47.0 Å². The number of sulfonamides is 1. The molecule has 0 saturated carbocycles. The van der Waals surface area contributed by atoms with Crippen LogP contribution in [0.4, 0.5) is 0 Å². The Hall–Kier alpha value is -2.49. The lowest BCUT2D eigenvalue weighted by Crippen LogP contribution is -2.30. The number of benzene rings is 2. The Morgan fingerprint density at radius 2 is 1.70 bits per heavy atom. The Morgan fingerprint density at radius 3 is 2.36 bits per heavy atom. The quantitative estimate of drug-likeness (QED) is 0.308. The van der Waals surface area contributed by atoms with E-state index in [1.807, 2.05) is 39.8 Å². The molecule has 0 aliphatic carbocycles. The summed E-state index contributed by atoms with van der Waals surface area (Å²) in [5, 5.41) is 7.95. The number of nitrogens with zero attached hydrogens (tertiary/aromatic N) is 3. The van der Waals surface area contributed by atoms with Gasteiger partial charge in [-0.1, -0.05) is 37.7 Å². The van der Waals surface area contributed by atoms with Gasteiger partial charge in [-0.15, -0.1) is 10.2 Å². The number of aryl methyl sites for hydroxylation is 3. The Labute approximate surface area is 199 Å². The van der Waals surface area contributed by atoms with Crippen LogP contribution in [-0.2, 0) is 10.0 Å². The molecule has 0 aliphatic heterocycles. The molecule has 0 aliphatic rings. The summed E-state index contributed by atoms with van der Waals surface area (Å²) in [6.07, 6.45) is 0. The molecule has 9 heteroatoms. The second-order valence-electron chi connectivity index (χ2n) is 7.87. The Morgan fingerprint density at radius 1 is 1.03 bits per heavy atom. The van der Waals surface area contributed by atoms with E-state index in [0.29, 0.717) is 24.2 Å². The number of aromatic nitrogens is 2. The van der Waals surface area contributed by atoms with Crippen LogP contribution in [0.3, 0.4) is 0 Å². The van der Waals surface area contributed by atoms with Crippen LogP contribution < -0.4 is 0 Å². The normalized spacial score (nSPS) is 12.8. The van der Waals surface area contributed by atoms with Crippen molar-refractivity contribution in [2.75, 3.05) is 13.1 Å². The molecule has 7 nitrogen and oxygen atoms in total. The molecule has 2 aromatic carbocycles. The van der Waals surface area contributed by atoms with E-state index in [1.54, 1.807) is 32.0 Å². The molecule has 3 rings (SSSR count). The third-order valence-corrected chi connectivity index (χ3v) is 8.56. The molecule has 1 aromatic heterocycles. The van der Waals surface area contributed by atoms with Crippen LogP contribution >= 0.6 is 11.8 Å². The molecule has 0 amide bonds. The van der Waals surface area contributed by atoms with Crippen molar-refractivity contribution >= 4 is 27.6 Å². The molecule has 33 heavy (non-hydrogen) atoms. The Bertz CT molecular complexity index is 1260.